The lowest BCUT2D eigenvalue weighted by molar-refractivity contribution is -0.119. The highest BCUT2D eigenvalue weighted by atomic mass is 35.5. The highest BCUT2D eigenvalue weighted by molar-refractivity contribution is 7.21. The minimum absolute atomic E-state index is 0.253. The second kappa shape index (κ2) is 7.66. The van der Waals surface area contributed by atoms with Gasteiger partial charge in [0.1, 0.15) is 4.88 Å². The van der Waals surface area contributed by atoms with E-state index in [1.807, 2.05) is 26.0 Å². The molecule has 1 N–H and O–H groups in total. The third kappa shape index (κ3) is 4.01. The summed E-state index contributed by atoms with van der Waals surface area (Å²) in [6, 6.07) is 10.8. The fourth-order valence-corrected chi connectivity index (χ4v) is 4.06. The van der Waals surface area contributed by atoms with E-state index in [0.717, 1.165) is 21.2 Å². The highest BCUT2D eigenvalue weighted by Crippen LogP contribution is 2.37. The lowest BCUT2D eigenvalue weighted by Gasteiger charge is -2.08. The average Bonchev–Trinajstić information content (AvgIpc) is 2.92. The molecule has 1 amide bonds. The smallest absolute Gasteiger partial charge is 0.350 e. The maximum absolute atomic E-state index is 12.3. The minimum Gasteiger partial charge on any atom is -0.451 e. The second-order valence-electron chi connectivity index (χ2n) is 5.81. The van der Waals surface area contributed by atoms with Crippen LogP contribution < -0.4 is 5.32 Å². The molecule has 4 nitrogen and oxygen atoms in total. The number of esters is 1. The number of hydrogen-bond donors (Lipinski definition) is 1. The van der Waals surface area contributed by atoms with Gasteiger partial charge in [-0.05, 0) is 49.2 Å². The van der Waals surface area contributed by atoms with E-state index in [9.17, 15) is 9.59 Å². The summed E-state index contributed by atoms with van der Waals surface area (Å²) >= 11 is 13.4. The number of amides is 1. The van der Waals surface area contributed by atoms with Crippen LogP contribution in [0.5, 0.6) is 0 Å². The van der Waals surface area contributed by atoms with Crippen molar-refractivity contribution in [3.8, 4) is 0 Å². The van der Waals surface area contributed by atoms with Gasteiger partial charge in [-0.3, -0.25) is 4.79 Å². The van der Waals surface area contributed by atoms with Crippen molar-refractivity contribution in [3.05, 3.63) is 62.4 Å². The number of benzene rings is 2. The number of carbonyl (C=O) groups excluding carboxylic acids is 2. The molecular formula is C19H15Cl2NO3S. The molecule has 26 heavy (non-hydrogen) atoms. The molecule has 7 heteroatoms. The van der Waals surface area contributed by atoms with Crippen molar-refractivity contribution < 1.29 is 14.3 Å². The van der Waals surface area contributed by atoms with Gasteiger partial charge in [0.15, 0.2) is 6.61 Å². The monoisotopic (exact) mass is 407 g/mol. The molecule has 0 radical (unpaired) electrons. The number of ether oxygens (including phenoxy) is 1. The fourth-order valence-electron chi connectivity index (χ4n) is 2.38. The first-order chi connectivity index (χ1) is 12.3. The van der Waals surface area contributed by atoms with Crippen LogP contribution in [0.2, 0.25) is 10.0 Å². The zero-order valence-corrected chi connectivity index (χ0v) is 16.4. The molecule has 1 heterocycles. The average molecular weight is 408 g/mol. The molecule has 3 aromatic rings. The Balaban J connectivity index is 1.65. The van der Waals surface area contributed by atoms with Crippen LogP contribution in [0.1, 0.15) is 20.8 Å². The SMILES string of the molecule is Cc1ccc(NC(=O)COC(=O)c2sc3cc(Cl)ccc3c2Cl)cc1C. The molecule has 0 aliphatic carbocycles. The molecule has 0 spiro atoms. The summed E-state index contributed by atoms with van der Waals surface area (Å²) in [5.74, 6) is -1.05. The third-order valence-electron chi connectivity index (χ3n) is 3.90. The summed E-state index contributed by atoms with van der Waals surface area (Å²) < 4.78 is 5.88. The van der Waals surface area contributed by atoms with Crippen molar-refractivity contribution in [2.45, 2.75) is 13.8 Å². The Hall–Kier alpha value is -2.08. The van der Waals surface area contributed by atoms with Crippen molar-refractivity contribution in [2.75, 3.05) is 11.9 Å². The first kappa shape index (κ1) is 18.7. The zero-order valence-electron chi connectivity index (χ0n) is 14.1. The molecule has 0 aliphatic heterocycles. The molecule has 0 unspecified atom stereocenters. The van der Waals surface area contributed by atoms with Crippen molar-refractivity contribution >= 4 is 62.2 Å². The summed E-state index contributed by atoms with van der Waals surface area (Å²) in [7, 11) is 0. The first-order valence-electron chi connectivity index (χ1n) is 7.77. The number of anilines is 1. The van der Waals surface area contributed by atoms with Gasteiger partial charge in [-0.15, -0.1) is 11.3 Å². The lowest BCUT2D eigenvalue weighted by Crippen LogP contribution is -2.20. The summed E-state index contributed by atoms with van der Waals surface area (Å²) in [6.07, 6.45) is 0. The van der Waals surface area contributed by atoms with Crippen molar-refractivity contribution in [3.63, 3.8) is 0 Å². The summed E-state index contributed by atoms with van der Waals surface area (Å²) in [5.41, 5.74) is 2.85. The van der Waals surface area contributed by atoms with Crippen LogP contribution >= 0.6 is 34.5 Å². The topological polar surface area (TPSA) is 55.4 Å². The Bertz CT molecular complexity index is 1010. The third-order valence-corrected chi connectivity index (χ3v) is 5.77. The van der Waals surface area contributed by atoms with Gasteiger partial charge in [0.2, 0.25) is 0 Å². The number of carbonyl (C=O) groups is 2. The van der Waals surface area contributed by atoms with Crippen LogP contribution in [0.25, 0.3) is 10.1 Å². The largest absolute Gasteiger partial charge is 0.451 e. The van der Waals surface area contributed by atoms with Crippen LogP contribution in [-0.4, -0.2) is 18.5 Å². The van der Waals surface area contributed by atoms with Crippen LogP contribution in [0.3, 0.4) is 0 Å². The Morgan fingerprint density at radius 3 is 2.58 bits per heavy atom. The van der Waals surface area contributed by atoms with Gasteiger partial charge in [0.25, 0.3) is 5.91 Å². The zero-order chi connectivity index (χ0) is 18.8. The van der Waals surface area contributed by atoms with Gasteiger partial charge >= 0.3 is 5.97 Å². The van der Waals surface area contributed by atoms with Crippen LogP contribution in [0.4, 0.5) is 5.69 Å². The molecule has 0 aliphatic rings. The van der Waals surface area contributed by atoms with Crippen LogP contribution in [-0.2, 0) is 9.53 Å². The quantitative estimate of drug-likeness (QED) is 0.570. The minimum atomic E-state index is -0.637. The lowest BCUT2D eigenvalue weighted by atomic mass is 10.1. The number of nitrogens with one attached hydrogen (secondary N) is 1. The predicted octanol–water partition coefficient (Wildman–Crippen LogP) is 5.62. The number of fused-ring (bicyclic) bond motifs is 1. The van der Waals surface area contributed by atoms with Crippen LogP contribution in [0, 0.1) is 13.8 Å². The molecule has 134 valence electrons. The molecule has 2 aromatic carbocycles. The number of rotatable bonds is 4. The van der Waals surface area contributed by atoms with Gasteiger partial charge < -0.3 is 10.1 Å². The predicted molar refractivity (Wildman–Crippen MR) is 107 cm³/mol. The van der Waals surface area contributed by atoms with Gasteiger partial charge in [0, 0.05) is 20.8 Å². The molecule has 0 atom stereocenters. The Kier molecular flexibility index (Phi) is 5.51. The Labute approximate surface area is 164 Å². The van der Waals surface area contributed by atoms with Gasteiger partial charge in [0.05, 0.1) is 5.02 Å². The van der Waals surface area contributed by atoms with Crippen molar-refractivity contribution in [1.82, 2.24) is 0 Å². The van der Waals surface area contributed by atoms with E-state index in [1.165, 1.54) is 11.3 Å². The highest BCUT2D eigenvalue weighted by Gasteiger charge is 2.19. The van der Waals surface area contributed by atoms with Crippen molar-refractivity contribution in [2.24, 2.45) is 0 Å². The van der Waals surface area contributed by atoms with E-state index in [1.54, 1.807) is 24.3 Å². The first-order valence-corrected chi connectivity index (χ1v) is 9.34. The summed E-state index contributed by atoms with van der Waals surface area (Å²) in [5, 5.41) is 4.30. The molecule has 0 saturated carbocycles. The van der Waals surface area contributed by atoms with Crippen molar-refractivity contribution in [1.29, 1.82) is 0 Å². The Morgan fingerprint density at radius 2 is 1.85 bits per heavy atom. The molecule has 0 bridgehead atoms. The van der Waals surface area contributed by atoms with Crippen LogP contribution in [0.15, 0.2) is 36.4 Å². The molecule has 0 saturated heterocycles. The summed E-state index contributed by atoms with van der Waals surface area (Å²) in [6.45, 7) is 3.56. The van der Waals surface area contributed by atoms with E-state index >= 15 is 0 Å². The van der Waals surface area contributed by atoms with Gasteiger partial charge in [-0.25, -0.2) is 4.79 Å². The van der Waals surface area contributed by atoms with Gasteiger partial charge in [-0.2, -0.15) is 0 Å². The Morgan fingerprint density at radius 1 is 1.08 bits per heavy atom. The fraction of sp³-hybridized carbons (Fsp3) is 0.158. The number of hydrogen-bond acceptors (Lipinski definition) is 4. The summed E-state index contributed by atoms with van der Waals surface area (Å²) in [4.78, 5) is 24.5. The van der Waals surface area contributed by atoms with E-state index in [0.29, 0.717) is 15.7 Å². The maximum atomic E-state index is 12.3. The standard InChI is InChI=1S/C19H15Cl2NO3S/c1-10-3-5-13(7-11(10)2)22-16(23)9-25-19(24)18-17(21)14-6-4-12(20)8-15(14)26-18/h3-8H,9H2,1-2H3,(H,22,23). The van der Waals surface area contributed by atoms with E-state index < -0.39 is 18.5 Å². The number of aryl methyl sites for hydroxylation is 2. The molecule has 0 fully saturated rings. The normalized spacial score (nSPS) is 10.8. The number of thiophene rings is 1. The van der Waals surface area contributed by atoms with E-state index in [4.69, 9.17) is 27.9 Å². The maximum Gasteiger partial charge on any atom is 0.350 e. The molecule has 1 aromatic heterocycles. The van der Waals surface area contributed by atoms with E-state index in [-0.39, 0.29) is 4.88 Å². The number of halogens is 2. The van der Waals surface area contributed by atoms with E-state index in [2.05, 4.69) is 5.32 Å². The molecular weight excluding hydrogens is 393 g/mol. The van der Waals surface area contributed by atoms with Gasteiger partial charge in [-0.1, -0.05) is 35.3 Å². The molecule has 3 rings (SSSR count). The second-order valence-corrected chi connectivity index (χ2v) is 7.68.